The maximum absolute atomic E-state index is 13.7. The van der Waals surface area contributed by atoms with Gasteiger partial charge < -0.3 is 11.1 Å². The van der Waals surface area contributed by atoms with E-state index in [1.165, 1.54) is 12.1 Å². The Balaban J connectivity index is 2.23. The molecule has 2 aromatic rings. The van der Waals surface area contributed by atoms with Crippen LogP contribution < -0.4 is 11.1 Å². The van der Waals surface area contributed by atoms with E-state index in [0.717, 1.165) is 11.6 Å². The van der Waals surface area contributed by atoms with Crippen LogP contribution >= 0.6 is 0 Å². The van der Waals surface area contributed by atoms with E-state index in [9.17, 15) is 13.6 Å². The highest BCUT2D eigenvalue weighted by Crippen LogP contribution is 2.21. The fourth-order valence-electron chi connectivity index (χ4n) is 2.02. The van der Waals surface area contributed by atoms with Crippen molar-refractivity contribution in [2.75, 3.05) is 5.32 Å². The zero-order chi connectivity index (χ0) is 15.6. The van der Waals surface area contributed by atoms with E-state index in [-0.39, 0.29) is 11.4 Å². The van der Waals surface area contributed by atoms with Crippen molar-refractivity contribution in [3.8, 4) is 0 Å². The number of carbonyl (C=O) groups is 1. The summed E-state index contributed by atoms with van der Waals surface area (Å²) < 4.78 is 26.9. The topological polar surface area (TPSA) is 55.1 Å². The number of anilines is 1. The van der Waals surface area contributed by atoms with Crippen LogP contribution in [0.25, 0.3) is 0 Å². The van der Waals surface area contributed by atoms with Gasteiger partial charge in [-0.25, -0.2) is 8.78 Å². The Morgan fingerprint density at radius 1 is 1.14 bits per heavy atom. The van der Waals surface area contributed by atoms with Gasteiger partial charge in [-0.15, -0.1) is 0 Å². The smallest absolute Gasteiger partial charge is 0.248 e. The number of benzene rings is 2. The van der Waals surface area contributed by atoms with Gasteiger partial charge in [0, 0.05) is 23.4 Å². The van der Waals surface area contributed by atoms with Gasteiger partial charge >= 0.3 is 0 Å². The normalized spacial score (nSPS) is 10.5. The summed E-state index contributed by atoms with van der Waals surface area (Å²) in [6.45, 7) is 3.68. The Labute approximate surface area is 121 Å². The van der Waals surface area contributed by atoms with Gasteiger partial charge in [-0.1, -0.05) is 12.1 Å². The lowest BCUT2D eigenvalue weighted by molar-refractivity contribution is 0.1000. The van der Waals surface area contributed by atoms with Gasteiger partial charge in [-0.3, -0.25) is 4.79 Å². The van der Waals surface area contributed by atoms with Gasteiger partial charge in [0.15, 0.2) is 0 Å². The highest BCUT2D eigenvalue weighted by atomic mass is 19.1. The molecular weight excluding hydrogens is 274 g/mol. The number of amides is 1. The molecule has 0 aliphatic carbocycles. The van der Waals surface area contributed by atoms with Crippen molar-refractivity contribution in [2.45, 2.75) is 20.4 Å². The second kappa shape index (κ2) is 5.91. The van der Waals surface area contributed by atoms with E-state index in [1.54, 1.807) is 26.0 Å². The third-order valence-corrected chi connectivity index (χ3v) is 3.33. The maximum Gasteiger partial charge on any atom is 0.248 e. The average Bonchev–Trinajstić information content (AvgIpc) is 2.43. The average molecular weight is 290 g/mol. The number of carbonyl (C=O) groups excluding carboxylic acids is 1. The summed E-state index contributed by atoms with van der Waals surface area (Å²) in [5.74, 6) is -1.45. The van der Waals surface area contributed by atoms with Crippen molar-refractivity contribution < 1.29 is 13.6 Å². The van der Waals surface area contributed by atoms with Crippen LogP contribution in [0.2, 0.25) is 0 Å². The predicted octanol–water partition coefficient (Wildman–Crippen LogP) is 3.29. The van der Waals surface area contributed by atoms with Crippen LogP contribution in [0.1, 0.15) is 27.0 Å². The fourth-order valence-corrected chi connectivity index (χ4v) is 2.02. The molecule has 0 radical (unpaired) electrons. The summed E-state index contributed by atoms with van der Waals surface area (Å²) >= 11 is 0. The molecule has 1 amide bonds. The third-order valence-electron chi connectivity index (χ3n) is 3.33. The van der Waals surface area contributed by atoms with Crippen molar-refractivity contribution in [1.82, 2.24) is 0 Å². The standard InChI is InChI=1S/C16H16F2N2O/c1-9-5-11(3-4-13(9)17)8-20-15-7-12(16(19)21)6-14(18)10(15)2/h3-7,20H,8H2,1-2H3,(H2,19,21). The summed E-state index contributed by atoms with van der Waals surface area (Å²) in [5.41, 5.74) is 7.57. The molecule has 0 unspecified atom stereocenters. The van der Waals surface area contributed by atoms with Gasteiger partial charge in [0.25, 0.3) is 0 Å². The molecule has 0 saturated heterocycles. The molecule has 110 valence electrons. The minimum atomic E-state index is -0.686. The monoisotopic (exact) mass is 290 g/mol. The van der Waals surface area contributed by atoms with Gasteiger partial charge in [-0.05, 0) is 43.2 Å². The van der Waals surface area contributed by atoms with Gasteiger partial charge in [0.1, 0.15) is 11.6 Å². The molecule has 0 saturated carbocycles. The molecule has 2 rings (SSSR count). The minimum absolute atomic E-state index is 0.107. The molecule has 0 atom stereocenters. The first-order valence-electron chi connectivity index (χ1n) is 6.47. The summed E-state index contributed by atoms with van der Waals surface area (Å²) in [7, 11) is 0. The van der Waals surface area contributed by atoms with Crippen LogP contribution in [0, 0.1) is 25.5 Å². The van der Waals surface area contributed by atoms with Crippen molar-refractivity contribution in [2.24, 2.45) is 5.73 Å². The van der Waals surface area contributed by atoms with Crippen LogP contribution in [-0.4, -0.2) is 5.91 Å². The van der Waals surface area contributed by atoms with Gasteiger partial charge in [0.2, 0.25) is 5.91 Å². The van der Waals surface area contributed by atoms with Crippen LogP contribution in [0.4, 0.5) is 14.5 Å². The Kier molecular flexibility index (Phi) is 4.21. The number of hydrogen-bond acceptors (Lipinski definition) is 2. The second-order valence-electron chi connectivity index (χ2n) is 4.93. The number of nitrogens with one attached hydrogen (secondary N) is 1. The van der Waals surface area contributed by atoms with Crippen LogP contribution in [-0.2, 0) is 6.54 Å². The summed E-state index contributed by atoms with van der Waals surface area (Å²) in [5, 5.41) is 3.04. The van der Waals surface area contributed by atoms with Crippen molar-refractivity contribution >= 4 is 11.6 Å². The molecule has 0 heterocycles. The van der Waals surface area contributed by atoms with E-state index >= 15 is 0 Å². The van der Waals surface area contributed by atoms with Crippen LogP contribution in [0.5, 0.6) is 0 Å². The minimum Gasteiger partial charge on any atom is -0.381 e. The molecule has 0 aromatic heterocycles. The lowest BCUT2D eigenvalue weighted by atomic mass is 10.1. The molecule has 0 aliphatic rings. The van der Waals surface area contributed by atoms with E-state index in [1.807, 2.05) is 0 Å². The Hall–Kier alpha value is -2.43. The molecule has 0 aliphatic heterocycles. The zero-order valence-corrected chi connectivity index (χ0v) is 11.8. The second-order valence-corrected chi connectivity index (χ2v) is 4.93. The number of aryl methyl sites for hydroxylation is 1. The number of halogens is 2. The first-order valence-corrected chi connectivity index (χ1v) is 6.47. The van der Waals surface area contributed by atoms with E-state index in [0.29, 0.717) is 23.4 Å². The Morgan fingerprint density at radius 2 is 1.86 bits per heavy atom. The molecular formula is C16H16F2N2O. The molecule has 0 spiro atoms. The zero-order valence-electron chi connectivity index (χ0n) is 11.8. The highest BCUT2D eigenvalue weighted by Gasteiger charge is 2.10. The summed E-state index contributed by atoms with van der Waals surface area (Å²) in [6.07, 6.45) is 0. The van der Waals surface area contributed by atoms with E-state index in [4.69, 9.17) is 5.73 Å². The number of primary amides is 1. The fraction of sp³-hybridized carbons (Fsp3) is 0.188. The largest absolute Gasteiger partial charge is 0.381 e. The lowest BCUT2D eigenvalue weighted by Crippen LogP contribution is -2.13. The Morgan fingerprint density at radius 3 is 2.48 bits per heavy atom. The van der Waals surface area contributed by atoms with Crippen LogP contribution in [0.3, 0.4) is 0 Å². The summed E-state index contributed by atoms with van der Waals surface area (Å²) in [4.78, 5) is 11.2. The predicted molar refractivity (Wildman–Crippen MR) is 78.1 cm³/mol. The van der Waals surface area contributed by atoms with E-state index in [2.05, 4.69) is 5.32 Å². The van der Waals surface area contributed by atoms with Crippen LogP contribution in [0.15, 0.2) is 30.3 Å². The molecule has 5 heteroatoms. The highest BCUT2D eigenvalue weighted by molar-refractivity contribution is 5.94. The van der Waals surface area contributed by atoms with Gasteiger partial charge in [-0.2, -0.15) is 0 Å². The number of nitrogens with two attached hydrogens (primary N) is 1. The first-order chi connectivity index (χ1) is 9.88. The Bertz CT molecular complexity index is 699. The molecule has 21 heavy (non-hydrogen) atoms. The molecule has 0 bridgehead atoms. The van der Waals surface area contributed by atoms with Gasteiger partial charge in [0.05, 0.1) is 0 Å². The lowest BCUT2D eigenvalue weighted by Gasteiger charge is -2.12. The number of hydrogen-bond donors (Lipinski definition) is 2. The maximum atomic E-state index is 13.7. The first kappa shape index (κ1) is 15.0. The molecule has 3 nitrogen and oxygen atoms in total. The molecule has 3 N–H and O–H groups in total. The number of rotatable bonds is 4. The van der Waals surface area contributed by atoms with E-state index < -0.39 is 11.7 Å². The molecule has 0 fully saturated rings. The van der Waals surface area contributed by atoms with Crippen molar-refractivity contribution in [1.29, 1.82) is 0 Å². The molecule has 2 aromatic carbocycles. The SMILES string of the molecule is Cc1cc(CNc2cc(C(N)=O)cc(F)c2C)ccc1F. The van der Waals surface area contributed by atoms with Crippen molar-refractivity contribution in [3.05, 3.63) is 64.2 Å². The van der Waals surface area contributed by atoms with Crippen molar-refractivity contribution in [3.63, 3.8) is 0 Å². The third kappa shape index (κ3) is 3.37. The quantitative estimate of drug-likeness (QED) is 0.907. The summed E-state index contributed by atoms with van der Waals surface area (Å²) in [6, 6.07) is 7.38.